The fourth-order valence-electron chi connectivity index (χ4n) is 12.7. The van der Waals surface area contributed by atoms with Crippen LogP contribution in [0.1, 0.15) is 176 Å². The number of thiazole rings is 1. The van der Waals surface area contributed by atoms with Gasteiger partial charge in [0.05, 0.1) is 102 Å². The summed E-state index contributed by atoms with van der Waals surface area (Å²) in [5.41, 5.74) is 7.96. The predicted molar refractivity (Wildman–Crippen MR) is 424 cm³/mol. The maximum atomic E-state index is 15.3. The van der Waals surface area contributed by atoms with E-state index in [1.807, 2.05) is 88.2 Å². The third-order valence-electron chi connectivity index (χ3n) is 19.5. The molecule has 2 aliphatic heterocycles. The Kier molecular flexibility index (Phi) is 40.1. The highest BCUT2D eigenvalue weighted by atomic mass is 32.1. The first-order valence-corrected chi connectivity index (χ1v) is 40.0. The number of amides is 10. The first-order valence-electron chi connectivity index (χ1n) is 39.1. The molecule has 0 aliphatic carbocycles. The highest BCUT2D eigenvalue weighted by Crippen LogP contribution is 2.34. The molecule has 0 spiro atoms. The molecule has 113 heavy (non-hydrogen) atoms. The number of alkyl carbamates (subject to hydrolysis) is 1. The number of fused-ring (bicyclic) bond motifs is 2. The van der Waals surface area contributed by atoms with Gasteiger partial charge in [0.1, 0.15) is 22.6 Å². The summed E-state index contributed by atoms with van der Waals surface area (Å²) >= 11 is 1.02. The normalized spacial score (nSPS) is 14.6. The van der Waals surface area contributed by atoms with Crippen LogP contribution in [0.3, 0.4) is 0 Å². The monoisotopic (exact) mass is 1590 g/mol. The molecule has 0 radical (unpaired) electrons. The summed E-state index contributed by atoms with van der Waals surface area (Å²) in [6.07, 6.45) is 4.28. The summed E-state index contributed by atoms with van der Waals surface area (Å²) in [6.45, 7) is 14.8. The molecule has 3 heterocycles. The van der Waals surface area contributed by atoms with Crippen LogP contribution in [0.25, 0.3) is 0 Å². The number of para-hydroxylation sites is 1. The minimum absolute atomic E-state index is 0.00353. The van der Waals surface area contributed by atoms with Gasteiger partial charge in [0.15, 0.2) is 6.10 Å². The lowest BCUT2D eigenvalue weighted by Crippen LogP contribution is -2.59. The number of nitrogens with one attached hydrogen (secondary N) is 8. The third kappa shape index (κ3) is 32.4. The van der Waals surface area contributed by atoms with Crippen molar-refractivity contribution in [3.63, 3.8) is 0 Å². The first-order chi connectivity index (χ1) is 54.2. The Morgan fingerprint density at radius 1 is 0.708 bits per heavy atom. The number of benzene rings is 3. The quantitative estimate of drug-likeness (QED) is 0.0136. The highest BCUT2D eigenvalue weighted by Gasteiger charge is 2.40. The van der Waals surface area contributed by atoms with Crippen molar-refractivity contribution in [3.8, 4) is 11.8 Å². The maximum Gasteiger partial charge on any atom is 0.407 e. The standard InChI is InChI=1S/C81H116FN13O17S/c1-9-11-12-18-36-94(78(104)74(55(5)10-2)92-76(103)65-24-17-19-35-93(65)8)66(54(3)4)47-67(77-91-63(53-113-77)75(102)90-60(48-81(6,7)79(105)106)45-56-25-28-62(83)61(82)46-56)112-80(107)86-33-32-84-70(98)49-88-72(100)51-89-71(99)50-87-69(97)31-37-108-39-41-110-43-44-111-42-40-109-38-34-85-68(96)29-30-73(101)95-52-59-22-14-13-20-57(59)26-27-58-21-15-16-23-64(58)95/h13-16,20-23,25,28,46,53-55,60,65-67,74H,9-12,17-19,24,29-45,47-52,83H2,1-8H3,(H,84,98)(H,85,96)(H,86,107)(H,87,97)(H,88,100)(H,89,99)(H,90,102)(H,92,103)(H,105,106)/t55-,60-,65+,66+,67+,74-/m0/s1. The molecule has 2 aliphatic rings. The molecule has 6 rings (SSSR count). The lowest BCUT2D eigenvalue weighted by Gasteiger charge is -2.40. The van der Waals surface area contributed by atoms with Crippen LogP contribution in [0.5, 0.6) is 0 Å². The van der Waals surface area contributed by atoms with Crippen molar-refractivity contribution in [2.45, 2.75) is 175 Å². The Hall–Kier alpha value is -9.65. The average Bonchev–Trinajstić information content (AvgIpc) is 1.70. The molecule has 3 aromatic carbocycles. The van der Waals surface area contributed by atoms with Gasteiger partial charge in [-0.25, -0.2) is 14.2 Å². The van der Waals surface area contributed by atoms with E-state index in [1.54, 1.807) is 15.9 Å². The van der Waals surface area contributed by atoms with E-state index in [9.17, 15) is 57.4 Å². The molecule has 0 bridgehead atoms. The van der Waals surface area contributed by atoms with Crippen LogP contribution in [0, 0.1) is 34.9 Å². The lowest BCUT2D eigenvalue weighted by atomic mass is 9.84. The van der Waals surface area contributed by atoms with E-state index in [4.69, 9.17) is 34.4 Å². The number of piperidine rings is 1. The van der Waals surface area contributed by atoms with Gasteiger partial charge in [0, 0.05) is 80.5 Å². The fourth-order valence-corrected chi connectivity index (χ4v) is 13.5. The van der Waals surface area contributed by atoms with Crippen LogP contribution in [0.4, 0.5) is 20.6 Å². The van der Waals surface area contributed by atoms with Gasteiger partial charge in [0.2, 0.25) is 47.3 Å². The number of carbonyl (C=O) groups excluding carboxylic acids is 10. The number of unbranched alkanes of at least 4 members (excludes halogenated alkanes) is 3. The van der Waals surface area contributed by atoms with E-state index in [-0.39, 0.29) is 143 Å². The van der Waals surface area contributed by atoms with Crippen molar-refractivity contribution in [2.24, 2.45) is 17.3 Å². The lowest BCUT2D eigenvalue weighted by molar-refractivity contribution is -0.147. The van der Waals surface area contributed by atoms with E-state index in [1.165, 1.54) is 31.4 Å². The minimum atomic E-state index is -1.32. The Morgan fingerprint density at radius 2 is 1.32 bits per heavy atom. The number of ether oxygens (including phenoxy) is 5. The summed E-state index contributed by atoms with van der Waals surface area (Å²) in [6, 6.07) is 16.6. The molecule has 10 amide bonds. The third-order valence-corrected chi connectivity index (χ3v) is 20.4. The van der Waals surface area contributed by atoms with Crippen LogP contribution in [-0.4, -0.2) is 222 Å². The summed E-state index contributed by atoms with van der Waals surface area (Å²) in [7, 11) is 1.91. The number of halogens is 1. The zero-order chi connectivity index (χ0) is 82.2. The Balaban J connectivity index is 0.886. The zero-order valence-corrected chi connectivity index (χ0v) is 67.3. The molecule has 1 aromatic heterocycles. The Bertz CT molecular complexity index is 3850. The van der Waals surface area contributed by atoms with Gasteiger partial charge in [-0.3, -0.25) is 52.8 Å². The second kappa shape index (κ2) is 49.1. The number of aliphatic carboxylic acids is 1. The molecule has 1 fully saturated rings. The minimum Gasteiger partial charge on any atom is -0.481 e. The Labute approximate surface area is 666 Å². The molecule has 6 atom stereocenters. The zero-order valence-electron chi connectivity index (χ0n) is 66.5. The van der Waals surface area contributed by atoms with E-state index < -0.39 is 103 Å². The average molecular weight is 1590 g/mol. The van der Waals surface area contributed by atoms with Crippen molar-refractivity contribution < 1.29 is 85.9 Å². The summed E-state index contributed by atoms with van der Waals surface area (Å²) < 4.78 is 42.9. The molecule has 620 valence electrons. The summed E-state index contributed by atoms with van der Waals surface area (Å²) in [4.78, 5) is 156. The van der Waals surface area contributed by atoms with Gasteiger partial charge >= 0.3 is 12.1 Å². The number of hydrogen-bond acceptors (Lipinski definition) is 20. The van der Waals surface area contributed by atoms with E-state index in [0.717, 1.165) is 66.7 Å². The SMILES string of the molecule is CCCCCCN(C(=O)[C@@H](NC(=O)[C@H]1CCCCN1C)[C@@H](C)CC)[C@H](C[C@@H](OC(=O)NCCNC(=O)CNC(=O)CNC(=O)CNC(=O)CCOCCOCCOCCOCCNC(=O)CCC(=O)N1Cc2ccccc2C#Cc2ccccc21)c1nc(C(=O)N[C@@H](Cc2ccc(N)c(F)c2)CC(C)(C)C(=O)O)cs1)C(C)C. The summed E-state index contributed by atoms with van der Waals surface area (Å²) in [5.74, 6) is -0.0301. The number of nitrogen functional groups attached to an aromatic ring is 1. The molecular weight excluding hydrogens is 1480 g/mol. The van der Waals surface area contributed by atoms with Gasteiger partial charge in [-0.15, -0.1) is 11.3 Å². The number of nitrogens with zero attached hydrogens (tertiary/aromatic N) is 4. The van der Waals surface area contributed by atoms with Crippen LogP contribution in [0.15, 0.2) is 72.1 Å². The number of likely N-dealkylation sites (tertiary alicyclic amines) is 1. The number of carboxylic acid groups (broad SMARTS) is 1. The number of rotatable bonds is 50. The second-order valence-electron chi connectivity index (χ2n) is 29.2. The molecule has 11 N–H and O–H groups in total. The number of hydrogen-bond donors (Lipinski definition) is 10. The van der Waals surface area contributed by atoms with E-state index >= 15 is 4.79 Å². The molecule has 30 nitrogen and oxygen atoms in total. The predicted octanol–water partition coefficient (Wildman–Crippen LogP) is 6.08. The van der Waals surface area contributed by atoms with Crippen molar-refractivity contribution in [1.29, 1.82) is 0 Å². The van der Waals surface area contributed by atoms with Gasteiger partial charge in [-0.1, -0.05) is 115 Å². The fraction of sp³-hybridized carbons (Fsp3) is 0.580. The number of carbonyl (C=O) groups is 11. The molecule has 0 saturated carbocycles. The Morgan fingerprint density at radius 3 is 1.97 bits per heavy atom. The number of anilines is 2. The summed E-state index contributed by atoms with van der Waals surface area (Å²) in [5, 5.41) is 33.0. The molecule has 0 unspecified atom stereocenters. The van der Waals surface area contributed by atoms with Gasteiger partial charge < -0.3 is 86.9 Å². The largest absolute Gasteiger partial charge is 0.481 e. The molecule has 4 aromatic rings. The molecular formula is C81H116FN13O17S. The number of nitrogens with two attached hydrogens (primary N) is 1. The maximum absolute atomic E-state index is 15.3. The molecule has 32 heteroatoms. The van der Waals surface area contributed by atoms with Crippen molar-refractivity contribution in [1.82, 2.24) is 57.3 Å². The van der Waals surface area contributed by atoms with Crippen molar-refractivity contribution in [2.75, 3.05) is 123 Å². The number of carboxylic acids is 1. The molecule has 1 saturated heterocycles. The second-order valence-corrected chi connectivity index (χ2v) is 30.0. The highest BCUT2D eigenvalue weighted by molar-refractivity contribution is 7.09. The van der Waals surface area contributed by atoms with E-state index in [2.05, 4.69) is 61.3 Å². The van der Waals surface area contributed by atoms with Crippen molar-refractivity contribution in [3.05, 3.63) is 111 Å². The smallest absolute Gasteiger partial charge is 0.407 e. The van der Waals surface area contributed by atoms with Crippen LogP contribution >= 0.6 is 11.3 Å². The van der Waals surface area contributed by atoms with Crippen LogP contribution in [-0.2, 0) is 79.8 Å². The number of aromatic nitrogens is 1. The van der Waals surface area contributed by atoms with Gasteiger partial charge in [-0.05, 0) is 113 Å². The first kappa shape index (κ1) is 92.2. The van der Waals surface area contributed by atoms with Crippen molar-refractivity contribution >= 4 is 87.9 Å². The number of likely N-dealkylation sites (N-methyl/N-ethyl adjacent to an activating group) is 1. The van der Waals surface area contributed by atoms with E-state index in [0.29, 0.717) is 63.4 Å². The van der Waals surface area contributed by atoms with Crippen LogP contribution < -0.4 is 53.2 Å². The van der Waals surface area contributed by atoms with Crippen LogP contribution in [0.2, 0.25) is 0 Å². The van der Waals surface area contributed by atoms with Gasteiger partial charge in [0.25, 0.3) is 5.91 Å². The van der Waals surface area contributed by atoms with Gasteiger partial charge in [-0.2, -0.15) is 0 Å². The topological polar surface area (TPSA) is 399 Å².